The summed E-state index contributed by atoms with van der Waals surface area (Å²) >= 11 is 0. The van der Waals surface area contributed by atoms with Crippen molar-refractivity contribution < 1.29 is 0 Å². The molecule has 0 unspecified atom stereocenters. The van der Waals surface area contributed by atoms with Crippen molar-refractivity contribution in [3.05, 3.63) is 205 Å². The van der Waals surface area contributed by atoms with Crippen molar-refractivity contribution in [1.82, 2.24) is 4.57 Å². The zero-order valence-corrected chi connectivity index (χ0v) is 28.8. The molecular formula is C50H36N2. The Morgan fingerprint density at radius 2 is 0.808 bits per heavy atom. The van der Waals surface area contributed by atoms with E-state index in [-0.39, 0.29) is 0 Å². The van der Waals surface area contributed by atoms with Crippen molar-refractivity contribution in [2.45, 2.75) is 12.8 Å². The SMILES string of the molecule is c1ccc(N(c2ccccc2)c2ccc(-c3ccc4c(c3)c3cc(-c5ccc6c(c5)-c5ccccc5CC6)ccc3n4-c3ccccc3)cc2)cc1. The first-order valence-corrected chi connectivity index (χ1v) is 18.1. The number of para-hydroxylation sites is 3. The molecule has 0 fully saturated rings. The first-order chi connectivity index (χ1) is 25.8. The van der Waals surface area contributed by atoms with Crippen LogP contribution in [0.25, 0.3) is 60.9 Å². The van der Waals surface area contributed by atoms with E-state index < -0.39 is 0 Å². The number of hydrogen-bond donors (Lipinski definition) is 0. The quantitative estimate of drug-likeness (QED) is 0.172. The Hall–Kier alpha value is -6.64. The molecule has 0 amide bonds. The number of rotatable bonds is 6. The van der Waals surface area contributed by atoms with Gasteiger partial charge in [0.25, 0.3) is 0 Å². The van der Waals surface area contributed by atoms with Crippen molar-refractivity contribution in [1.29, 1.82) is 0 Å². The van der Waals surface area contributed by atoms with Gasteiger partial charge in [0.2, 0.25) is 0 Å². The Kier molecular flexibility index (Phi) is 7.32. The minimum Gasteiger partial charge on any atom is -0.311 e. The van der Waals surface area contributed by atoms with Gasteiger partial charge in [0.15, 0.2) is 0 Å². The summed E-state index contributed by atoms with van der Waals surface area (Å²) in [5.74, 6) is 0. The second-order valence-corrected chi connectivity index (χ2v) is 13.7. The fourth-order valence-electron chi connectivity index (χ4n) is 8.14. The van der Waals surface area contributed by atoms with Crippen LogP contribution in [-0.4, -0.2) is 4.57 Å². The summed E-state index contributed by atoms with van der Waals surface area (Å²) in [4.78, 5) is 2.31. The zero-order chi connectivity index (χ0) is 34.4. The summed E-state index contributed by atoms with van der Waals surface area (Å²) in [6.45, 7) is 0. The first-order valence-electron chi connectivity index (χ1n) is 18.1. The summed E-state index contributed by atoms with van der Waals surface area (Å²) in [5.41, 5.74) is 17.5. The lowest BCUT2D eigenvalue weighted by Crippen LogP contribution is -2.09. The molecule has 52 heavy (non-hydrogen) atoms. The number of benzene rings is 8. The van der Waals surface area contributed by atoms with Crippen LogP contribution in [0.1, 0.15) is 11.1 Å². The Bertz CT molecular complexity index is 2670. The van der Waals surface area contributed by atoms with Gasteiger partial charge in [0.05, 0.1) is 11.0 Å². The molecule has 10 rings (SSSR count). The van der Waals surface area contributed by atoms with E-state index in [0.717, 1.165) is 29.9 Å². The van der Waals surface area contributed by atoms with E-state index in [1.807, 2.05) is 0 Å². The standard InChI is InChI=1S/C50H36N2/c1-4-13-41(14-5-1)51(42-15-6-2-7-16-42)44-28-24-35(25-29-44)38-26-30-49-47(33-38)48-34-40(27-31-50(48)52(49)43-17-8-3-9-18-43)39-23-22-37-21-20-36-12-10-11-19-45(36)46(37)32-39/h1-19,22-34H,20-21H2. The molecule has 2 nitrogen and oxygen atoms in total. The highest BCUT2D eigenvalue weighted by Gasteiger charge is 2.19. The summed E-state index contributed by atoms with van der Waals surface area (Å²) in [5, 5.41) is 2.51. The monoisotopic (exact) mass is 664 g/mol. The van der Waals surface area contributed by atoms with Gasteiger partial charge in [-0.25, -0.2) is 0 Å². The molecule has 246 valence electrons. The van der Waals surface area contributed by atoms with Gasteiger partial charge in [-0.1, -0.05) is 115 Å². The van der Waals surface area contributed by atoms with Gasteiger partial charge in [-0.3, -0.25) is 0 Å². The smallest absolute Gasteiger partial charge is 0.0541 e. The van der Waals surface area contributed by atoms with E-state index in [1.165, 1.54) is 72.0 Å². The highest BCUT2D eigenvalue weighted by atomic mass is 15.1. The molecule has 0 spiro atoms. The number of fused-ring (bicyclic) bond motifs is 6. The highest BCUT2D eigenvalue weighted by molar-refractivity contribution is 6.11. The van der Waals surface area contributed by atoms with Crippen LogP contribution in [0.2, 0.25) is 0 Å². The molecule has 0 N–H and O–H groups in total. The third-order valence-electron chi connectivity index (χ3n) is 10.7. The van der Waals surface area contributed by atoms with Gasteiger partial charge in [0, 0.05) is 33.5 Å². The molecule has 2 heteroatoms. The van der Waals surface area contributed by atoms with Gasteiger partial charge >= 0.3 is 0 Å². The van der Waals surface area contributed by atoms with Gasteiger partial charge in [-0.05, 0) is 136 Å². The molecule has 1 aliphatic carbocycles. The molecule has 0 bridgehead atoms. The highest BCUT2D eigenvalue weighted by Crippen LogP contribution is 2.41. The number of hydrogen-bond acceptors (Lipinski definition) is 1. The third kappa shape index (κ3) is 5.20. The minimum atomic E-state index is 1.09. The van der Waals surface area contributed by atoms with Crippen LogP contribution in [-0.2, 0) is 12.8 Å². The predicted molar refractivity (Wildman–Crippen MR) is 219 cm³/mol. The van der Waals surface area contributed by atoms with Crippen LogP contribution in [0, 0.1) is 0 Å². The van der Waals surface area contributed by atoms with Gasteiger partial charge in [0.1, 0.15) is 0 Å². The lowest BCUT2D eigenvalue weighted by atomic mass is 9.84. The first kappa shape index (κ1) is 30.2. The van der Waals surface area contributed by atoms with E-state index in [0.29, 0.717) is 0 Å². The van der Waals surface area contributed by atoms with Crippen molar-refractivity contribution in [3.63, 3.8) is 0 Å². The molecule has 0 atom stereocenters. The molecule has 0 radical (unpaired) electrons. The van der Waals surface area contributed by atoms with Crippen LogP contribution in [0.3, 0.4) is 0 Å². The van der Waals surface area contributed by atoms with E-state index in [2.05, 4.69) is 204 Å². The average molecular weight is 665 g/mol. The van der Waals surface area contributed by atoms with Crippen LogP contribution in [0.4, 0.5) is 17.1 Å². The fourth-order valence-corrected chi connectivity index (χ4v) is 8.14. The predicted octanol–water partition coefficient (Wildman–Crippen LogP) is 13.4. The van der Waals surface area contributed by atoms with Gasteiger partial charge in [-0.2, -0.15) is 0 Å². The number of anilines is 3. The Morgan fingerprint density at radius 3 is 1.44 bits per heavy atom. The zero-order valence-electron chi connectivity index (χ0n) is 28.8. The summed E-state index contributed by atoms with van der Waals surface area (Å²) in [6.07, 6.45) is 2.20. The normalized spacial score (nSPS) is 12.1. The maximum Gasteiger partial charge on any atom is 0.0541 e. The van der Waals surface area contributed by atoms with Crippen molar-refractivity contribution in [2.24, 2.45) is 0 Å². The van der Waals surface area contributed by atoms with Crippen LogP contribution < -0.4 is 4.90 Å². The molecule has 0 saturated heterocycles. The number of nitrogens with zero attached hydrogens (tertiary/aromatic N) is 2. The van der Waals surface area contributed by atoms with Crippen molar-refractivity contribution in [3.8, 4) is 39.1 Å². The Morgan fingerprint density at radius 1 is 0.346 bits per heavy atom. The van der Waals surface area contributed by atoms with Crippen molar-refractivity contribution >= 4 is 38.9 Å². The Balaban J connectivity index is 1.09. The van der Waals surface area contributed by atoms with E-state index in [1.54, 1.807) is 0 Å². The molecule has 1 aromatic heterocycles. The number of aromatic nitrogens is 1. The summed E-state index contributed by atoms with van der Waals surface area (Å²) in [6, 6.07) is 70.8. The van der Waals surface area contributed by atoms with Crippen LogP contribution >= 0.6 is 0 Å². The largest absolute Gasteiger partial charge is 0.311 e. The van der Waals surface area contributed by atoms with E-state index in [9.17, 15) is 0 Å². The second kappa shape index (κ2) is 12.6. The van der Waals surface area contributed by atoms with Crippen LogP contribution in [0.5, 0.6) is 0 Å². The van der Waals surface area contributed by atoms with E-state index >= 15 is 0 Å². The molecule has 8 aromatic carbocycles. The molecule has 0 saturated carbocycles. The van der Waals surface area contributed by atoms with Gasteiger partial charge in [-0.15, -0.1) is 0 Å². The fraction of sp³-hybridized carbons (Fsp3) is 0.0400. The summed E-state index contributed by atoms with van der Waals surface area (Å²) < 4.78 is 2.40. The van der Waals surface area contributed by atoms with Crippen LogP contribution in [0.15, 0.2) is 194 Å². The molecule has 1 heterocycles. The Labute approximate surface area is 304 Å². The molecular weight excluding hydrogens is 629 g/mol. The molecule has 1 aliphatic rings. The molecule has 9 aromatic rings. The maximum absolute atomic E-state index is 2.41. The topological polar surface area (TPSA) is 8.17 Å². The number of aryl methyl sites for hydroxylation is 2. The lowest BCUT2D eigenvalue weighted by molar-refractivity contribution is 0.942. The summed E-state index contributed by atoms with van der Waals surface area (Å²) in [7, 11) is 0. The van der Waals surface area contributed by atoms with Gasteiger partial charge < -0.3 is 9.47 Å². The third-order valence-corrected chi connectivity index (χ3v) is 10.7. The lowest BCUT2D eigenvalue weighted by Gasteiger charge is -2.25. The average Bonchev–Trinajstić information content (AvgIpc) is 3.55. The molecule has 0 aliphatic heterocycles. The maximum atomic E-state index is 2.41. The second-order valence-electron chi connectivity index (χ2n) is 13.7. The minimum absolute atomic E-state index is 1.09. The van der Waals surface area contributed by atoms with Crippen molar-refractivity contribution in [2.75, 3.05) is 4.90 Å². The van der Waals surface area contributed by atoms with E-state index in [4.69, 9.17) is 0 Å².